The molecule has 0 atom stereocenters. The standard InChI is InChI=1S/C23H28ClNO4S/c1-14(2)29-23(27)21-17-7-4-5-8-19(17)30-22(21)25-20(26)9-6-12-28-18-11-10-16(24)13-15(18)3/h10-11,13-14H,4-9,12H2,1-3H3,(H,25,26). The zero-order valence-electron chi connectivity index (χ0n) is 17.7. The number of hydrogen-bond donors (Lipinski definition) is 1. The van der Waals surface area contributed by atoms with Crippen molar-refractivity contribution in [3.05, 3.63) is 44.8 Å². The Morgan fingerprint density at radius 1 is 1.23 bits per heavy atom. The highest BCUT2D eigenvalue weighted by Crippen LogP contribution is 2.38. The van der Waals surface area contributed by atoms with Crippen molar-refractivity contribution in [1.82, 2.24) is 0 Å². The Balaban J connectivity index is 1.59. The first-order chi connectivity index (χ1) is 14.3. The largest absolute Gasteiger partial charge is 0.493 e. The van der Waals surface area contributed by atoms with Gasteiger partial charge in [0.05, 0.1) is 18.3 Å². The van der Waals surface area contributed by atoms with E-state index in [0.29, 0.717) is 35.0 Å². The molecule has 0 spiro atoms. The third-order valence-corrected chi connectivity index (χ3v) is 6.36. The summed E-state index contributed by atoms with van der Waals surface area (Å²) in [5, 5.41) is 4.23. The number of nitrogens with one attached hydrogen (secondary N) is 1. The number of halogens is 1. The topological polar surface area (TPSA) is 64.6 Å². The van der Waals surface area contributed by atoms with Gasteiger partial charge in [0, 0.05) is 16.3 Å². The minimum atomic E-state index is -0.346. The van der Waals surface area contributed by atoms with Crippen molar-refractivity contribution in [2.75, 3.05) is 11.9 Å². The molecule has 0 bridgehead atoms. The molecule has 30 heavy (non-hydrogen) atoms. The van der Waals surface area contributed by atoms with Crippen LogP contribution in [0.1, 0.15) is 65.9 Å². The number of esters is 1. The van der Waals surface area contributed by atoms with Crippen LogP contribution in [0.5, 0.6) is 5.75 Å². The summed E-state index contributed by atoms with van der Waals surface area (Å²) in [6.07, 6.45) is 4.67. The third-order valence-electron chi connectivity index (χ3n) is 4.91. The normalized spacial score (nSPS) is 13.1. The van der Waals surface area contributed by atoms with Gasteiger partial charge in [-0.25, -0.2) is 4.79 Å². The van der Waals surface area contributed by atoms with E-state index in [1.807, 2.05) is 32.9 Å². The van der Waals surface area contributed by atoms with E-state index in [9.17, 15) is 9.59 Å². The Bertz CT molecular complexity index is 922. The van der Waals surface area contributed by atoms with E-state index in [1.54, 1.807) is 6.07 Å². The van der Waals surface area contributed by atoms with E-state index >= 15 is 0 Å². The second kappa shape index (κ2) is 10.3. The monoisotopic (exact) mass is 449 g/mol. The maximum atomic E-state index is 12.7. The Hall–Kier alpha value is -2.05. The molecule has 1 amide bonds. The first kappa shape index (κ1) is 22.6. The molecule has 0 aliphatic heterocycles. The maximum Gasteiger partial charge on any atom is 0.341 e. The van der Waals surface area contributed by atoms with Crippen LogP contribution >= 0.6 is 22.9 Å². The lowest BCUT2D eigenvalue weighted by Crippen LogP contribution is -2.18. The molecule has 1 aliphatic carbocycles. The van der Waals surface area contributed by atoms with Gasteiger partial charge in [-0.15, -0.1) is 11.3 Å². The van der Waals surface area contributed by atoms with Crippen LogP contribution in [-0.2, 0) is 22.4 Å². The summed E-state index contributed by atoms with van der Waals surface area (Å²) in [6, 6.07) is 5.47. The molecule has 0 unspecified atom stereocenters. The highest BCUT2D eigenvalue weighted by atomic mass is 35.5. The number of carbonyl (C=O) groups excluding carboxylic acids is 2. The highest BCUT2D eigenvalue weighted by Gasteiger charge is 2.27. The van der Waals surface area contributed by atoms with Crippen LogP contribution in [0.25, 0.3) is 0 Å². The fourth-order valence-electron chi connectivity index (χ4n) is 3.52. The number of rotatable bonds is 8. The molecule has 2 aromatic rings. The molecule has 0 saturated carbocycles. The van der Waals surface area contributed by atoms with Crippen LogP contribution in [0, 0.1) is 6.92 Å². The molecule has 162 valence electrons. The lowest BCUT2D eigenvalue weighted by Gasteiger charge is -2.14. The molecule has 0 fully saturated rings. The lowest BCUT2D eigenvalue weighted by molar-refractivity contribution is -0.116. The van der Waals surface area contributed by atoms with Crippen LogP contribution in [0.2, 0.25) is 5.02 Å². The molecule has 1 aromatic heterocycles. The predicted octanol–water partition coefficient (Wildman–Crippen LogP) is 5.95. The smallest absolute Gasteiger partial charge is 0.341 e. The molecule has 0 saturated heterocycles. The molecule has 0 radical (unpaired) electrons. The number of aryl methyl sites for hydroxylation is 2. The van der Waals surface area contributed by atoms with Crippen molar-refractivity contribution in [3.63, 3.8) is 0 Å². The SMILES string of the molecule is Cc1cc(Cl)ccc1OCCCC(=O)Nc1sc2c(c1C(=O)OC(C)C)CCCC2. The Labute approximate surface area is 186 Å². The first-order valence-corrected chi connectivity index (χ1v) is 11.6. The Kier molecular flexibility index (Phi) is 7.78. The molecule has 7 heteroatoms. The third kappa shape index (κ3) is 5.76. The van der Waals surface area contributed by atoms with E-state index in [1.165, 1.54) is 16.2 Å². The van der Waals surface area contributed by atoms with Gasteiger partial charge in [0.2, 0.25) is 5.91 Å². The number of benzene rings is 1. The number of fused-ring (bicyclic) bond motifs is 1. The summed E-state index contributed by atoms with van der Waals surface area (Å²) >= 11 is 7.47. The van der Waals surface area contributed by atoms with Crippen LogP contribution in [0.15, 0.2) is 18.2 Å². The summed E-state index contributed by atoms with van der Waals surface area (Å²) in [6.45, 7) is 6.03. The second-order valence-electron chi connectivity index (χ2n) is 7.78. The molecule has 1 heterocycles. The molecule has 1 N–H and O–H groups in total. The molecule has 1 aliphatic rings. The van der Waals surface area contributed by atoms with Gasteiger partial charge in [0.1, 0.15) is 10.8 Å². The van der Waals surface area contributed by atoms with Gasteiger partial charge in [-0.1, -0.05) is 11.6 Å². The molecule has 3 rings (SSSR count). The van der Waals surface area contributed by atoms with Gasteiger partial charge in [-0.2, -0.15) is 0 Å². The quantitative estimate of drug-likeness (QED) is 0.399. The van der Waals surface area contributed by atoms with Crippen molar-refractivity contribution < 1.29 is 19.1 Å². The summed E-state index contributed by atoms with van der Waals surface area (Å²) in [5.41, 5.74) is 2.56. The van der Waals surface area contributed by atoms with E-state index < -0.39 is 0 Å². The molecular weight excluding hydrogens is 422 g/mol. The van der Waals surface area contributed by atoms with E-state index in [0.717, 1.165) is 42.6 Å². The van der Waals surface area contributed by atoms with Crippen molar-refractivity contribution in [2.45, 2.75) is 65.4 Å². The van der Waals surface area contributed by atoms with Crippen LogP contribution in [0.3, 0.4) is 0 Å². The summed E-state index contributed by atoms with van der Waals surface area (Å²) in [5.74, 6) is 0.300. The molecular formula is C23H28ClNO4S. The zero-order chi connectivity index (χ0) is 21.7. The number of ether oxygens (including phenoxy) is 2. The van der Waals surface area contributed by atoms with Crippen molar-refractivity contribution in [1.29, 1.82) is 0 Å². The van der Waals surface area contributed by atoms with Crippen LogP contribution in [0.4, 0.5) is 5.00 Å². The predicted molar refractivity (Wildman–Crippen MR) is 121 cm³/mol. The lowest BCUT2D eigenvalue weighted by atomic mass is 9.95. The Morgan fingerprint density at radius 3 is 2.73 bits per heavy atom. The fraction of sp³-hybridized carbons (Fsp3) is 0.478. The second-order valence-corrected chi connectivity index (χ2v) is 9.32. The van der Waals surface area contributed by atoms with E-state index in [4.69, 9.17) is 21.1 Å². The summed E-state index contributed by atoms with van der Waals surface area (Å²) < 4.78 is 11.2. The summed E-state index contributed by atoms with van der Waals surface area (Å²) in [7, 11) is 0. The van der Waals surface area contributed by atoms with Crippen molar-refractivity contribution in [2.24, 2.45) is 0 Å². The average molecular weight is 450 g/mol. The van der Waals surface area contributed by atoms with Crippen LogP contribution in [-0.4, -0.2) is 24.6 Å². The van der Waals surface area contributed by atoms with Gasteiger partial charge >= 0.3 is 5.97 Å². The van der Waals surface area contributed by atoms with Gasteiger partial charge < -0.3 is 14.8 Å². The number of carbonyl (C=O) groups is 2. The van der Waals surface area contributed by atoms with E-state index in [-0.39, 0.29) is 18.0 Å². The molecule has 1 aromatic carbocycles. The molecule has 5 nitrogen and oxygen atoms in total. The Morgan fingerprint density at radius 2 is 2.00 bits per heavy atom. The van der Waals surface area contributed by atoms with Gasteiger partial charge in [0.15, 0.2) is 0 Å². The van der Waals surface area contributed by atoms with E-state index in [2.05, 4.69) is 5.32 Å². The number of amides is 1. The summed E-state index contributed by atoms with van der Waals surface area (Å²) in [4.78, 5) is 26.4. The van der Waals surface area contributed by atoms with Gasteiger partial charge in [-0.05, 0) is 82.2 Å². The number of hydrogen-bond acceptors (Lipinski definition) is 5. The van der Waals surface area contributed by atoms with Gasteiger partial charge in [0.25, 0.3) is 0 Å². The first-order valence-electron chi connectivity index (χ1n) is 10.4. The minimum Gasteiger partial charge on any atom is -0.493 e. The fourth-order valence-corrected chi connectivity index (χ4v) is 5.04. The van der Waals surface area contributed by atoms with Gasteiger partial charge in [-0.3, -0.25) is 4.79 Å². The highest BCUT2D eigenvalue weighted by molar-refractivity contribution is 7.17. The van der Waals surface area contributed by atoms with Crippen molar-refractivity contribution >= 4 is 39.8 Å². The number of thiophene rings is 1. The average Bonchev–Trinajstić information content (AvgIpc) is 3.03. The zero-order valence-corrected chi connectivity index (χ0v) is 19.3. The van der Waals surface area contributed by atoms with Crippen LogP contribution < -0.4 is 10.1 Å². The number of anilines is 1. The van der Waals surface area contributed by atoms with Crippen molar-refractivity contribution in [3.8, 4) is 5.75 Å². The maximum absolute atomic E-state index is 12.7. The minimum absolute atomic E-state index is 0.122.